The van der Waals surface area contributed by atoms with E-state index in [4.69, 9.17) is 18.7 Å². The van der Waals surface area contributed by atoms with E-state index in [0.29, 0.717) is 41.0 Å². The number of hydrogen-bond acceptors (Lipinski definition) is 9. The van der Waals surface area contributed by atoms with Crippen molar-refractivity contribution < 1.29 is 23.5 Å². The Hall–Kier alpha value is -4.14. The van der Waals surface area contributed by atoms with Crippen LogP contribution in [0, 0.1) is 20.8 Å². The number of anilines is 2. The Labute approximate surface area is 190 Å². The fourth-order valence-corrected chi connectivity index (χ4v) is 3.37. The van der Waals surface area contributed by atoms with E-state index in [1.165, 1.54) is 13.3 Å². The predicted octanol–water partition coefficient (Wildman–Crippen LogP) is 4.80. The second-order valence-electron chi connectivity index (χ2n) is 7.53. The van der Waals surface area contributed by atoms with Gasteiger partial charge in [-0.2, -0.15) is 0 Å². The zero-order valence-electron chi connectivity index (χ0n) is 19.1. The molecule has 0 aliphatic rings. The predicted molar refractivity (Wildman–Crippen MR) is 122 cm³/mol. The number of esters is 1. The summed E-state index contributed by atoms with van der Waals surface area (Å²) in [7, 11) is 1.58. The van der Waals surface area contributed by atoms with Crippen LogP contribution in [0.25, 0.3) is 10.9 Å². The van der Waals surface area contributed by atoms with Gasteiger partial charge in [0.15, 0.2) is 11.5 Å². The minimum atomic E-state index is -0.378. The number of nitrogens with one attached hydrogen (secondary N) is 1. The lowest BCUT2D eigenvalue weighted by atomic mass is 10.1. The number of hydrogen-bond donors (Lipinski definition) is 1. The zero-order chi connectivity index (χ0) is 23.5. The first-order chi connectivity index (χ1) is 15.9. The molecular formula is C24H24N4O5. The summed E-state index contributed by atoms with van der Waals surface area (Å²) in [5.74, 6) is 2.48. The van der Waals surface area contributed by atoms with Crippen molar-refractivity contribution in [1.82, 2.24) is 15.1 Å². The Kier molecular flexibility index (Phi) is 6.12. The standard InChI is InChI=1S/C24H24N4O5/c1-13-6-7-17(8-21(13)32-16(4)29)27-24-18-9-22(30-5)23(10-20(18)25-12-26-24)31-11-19-14(2)28-33-15(19)3/h6-10,12H,11H2,1-5H3,(H,25,26,27). The molecule has 2 heterocycles. The maximum absolute atomic E-state index is 11.4. The maximum Gasteiger partial charge on any atom is 0.308 e. The largest absolute Gasteiger partial charge is 0.493 e. The van der Waals surface area contributed by atoms with Gasteiger partial charge in [0.05, 0.1) is 23.9 Å². The third-order valence-corrected chi connectivity index (χ3v) is 5.18. The van der Waals surface area contributed by atoms with Crippen LogP contribution < -0.4 is 19.5 Å². The van der Waals surface area contributed by atoms with Crippen LogP contribution in [0.2, 0.25) is 0 Å². The number of carbonyl (C=O) groups excluding carboxylic acids is 1. The summed E-state index contributed by atoms with van der Waals surface area (Å²) < 4.78 is 22.1. The minimum absolute atomic E-state index is 0.293. The summed E-state index contributed by atoms with van der Waals surface area (Å²) in [5.41, 5.74) is 3.92. The average Bonchev–Trinajstić information content (AvgIpc) is 3.11. The second-order valence-corrected chi connectivity index (χ2v) is 7.53. The molecule has 4 rings (SSSR count). The second kappa shape index (κ2) is 9.15. The van der Waals surface area contributed by atoms with Gasteiger partial charge in [0.25, 0.3) is 0 Å². The highest BCUT2D eigenvalue weighted by molar-refractivity contribution is 5.93. The molecule has 0 aliphatic carbocycles. The van der Waals surface area contributed by atoms with Gasteiger partial charge in [-0.3, -0.25) is 4.79 Å². The van der Waals surface area contributed by atoms with Gasteiger partial charge in [0.2, 0.25) is 0 Å². The quantitative estimate of drug-likeness (QED) is 0.315. The molecule has 0 atom stereocenters. The van der Waals surface area contributed by atoms with Crippen LogP contribution in [-0.2, 0) is 11.4 Å². The fourth-order valence-electron chi connectivity index (χ4n) is 3.37. The molecule has 0 saturated heterocycles. The van der Waals surface area contributed by atoms with E-state index < -0.39 is 0 Å². The molecule has 0 saturated carbocycles. The molecule has 33 heavy (non-hydrogen) atoms. The van der Waals surface area contributed by atoms with Crippen molar-refractivity contribution in [2.24, 2.45) is 0 Å². The number of aryl methyl sites for hydroxylation is 3. The number of rotatable bonds is 7. The highest BCUT2D eigenvalue weighted by atomic mass is 16.5. The first kappa shape index (κ1) is 22.1. The van der Waals surface area contributed by atoms with Crippen LogP contribution in [0.4, 0.5) is 11.5 Å². The van der Waals surface area contributed by atoms with E-state index >= 15 is 0 Å². The summed E-state index contributed by atoms with van der Waals surface area (Å²) in [4.78, 5) is 20.1. The van der Waals surface area contributed by atoms with Crippen LogP contribution in [0.1, 0.15) is 29.5 Å². The van der Waals surface area contributed by atoms with Crippen LogP contribution in [0.3, 0.4) is 0 Å². The molecule has 0 amide bonds. The minimum Gasteiger partial charge on any atom is -0.493 e. The molecule has 2 aromatic carbocycles. The van der Waals surface area contributed by atoms with Gasteiger partial charge >= 0.3 is 5.97 Å². The summed E-state index contributed by atoms with van der Waals surface area (Å²) in [6, 6.07) is 9.13. The number of fused-ring (bicyclic) bond motifs is 1. The SMILES string of the molecule is COc1cc2c(Nc3ccc(C)c(OC(C)=O)c3)ncnc2cc1OCc1c(C)noc1C. The van der Waals surface area contributed by atoms with Gasteiger partial charge in [-0.1, -0.05) is 11.2 Å². The van der Waals surface area contributed by atoms with Gasteiger partial charge in [0, 0.05) is 30.1 Å². The number of carbonyl (C=O) groups is 1. The van der Waals surface area contributed by atoms with Gasteiger partial charge < -0.3 is 24.1 Å². The summed E-state index contributed by atoms with van der Waals surface area (Å²) in [6.07, 6.45) is 1.47. The van der Waals surface area contributed by atoms with Crippen molar-refractivity contribution in [2.45, 2.75) is 34.3 Å². The highest BCUT2D eigenvalue weighted by Gasteiger charge is 2.15. The normalized spacial score (nSPS) is 10.8. The van der Waals surface area contributed by atoms with Crippen LogP contribution >= 0.6 is 0 Å². The van der Waals surface area contributed by atoms with Crippen LogP contribution in [0.15, 0.2) is 41.2 Å². The van der Waals surface area contributed by atoms with Gasteiger partial charge in [0.1, 0.15) is 30.3 Å². The summed E-state index contributed by atoms with van der Waals surface area (Å²) in [6.45, 7) is 7.25. The van der Waals surface area contributed by atoms with E-state index in [9.17, 15) is 4.79 Å². The smallest absolute Gasteiger partial charge is 0.308 e. The van der Waals surface area contributed by atoms with Crippen molar-refractivity contribution in [3.05, 3.63) is 59.2 Å². The Morgan fingerprint density at radius 2 is 1.88 bits per heavy atom. The molecule has 1 N–H and O–H groups in total. The third kappa shape index (κ3) is 4.72. The number of nitrogens with zero attached hydrogens (tertiary/aromatic N) is 3. The first-order valence-electron chi connectivity index (χ1n) is 10.3. The van der Waals surface area contributed by atoms with Crippen molar-refractivity contribution in [1.29, 1.82) is 0 Å². The van der Waals surface area contributed by atoms with Crippen LogP contribution in [0.5, 0.6) is 17.2 Å². The lowest BCUT2D eigenvalue weighted by molar-refractivity contribution is -0.131. The topological polar surface area (TPSA) is 109 Å². The van der Waals surface area contributed by atoms with Gasteiger partial charge in [-0.25, -0.2) is 9.97 Å². The van der Waals surface area contributed by atoms with Crippen molar-refractivity contribution in [2.75, 3.05) is 12.4 Å². The third-order valence-electron chi connectivity index (χ3n) is 5.18. The van der Waals surface area contributed by atoms with Crippen molar-refractivity contribution >= 4 is 28.4 Å². The molecule has 0 fully saturated rings. The number of aromatic nitrogens is 3. The Morgan fingerprint density at radius 1 is 1.06 bits per heavy atom. The number of benzene rings is 2. The molecule has 170 valence electrons. The van der Waals surface area contributed by atoms with E-state index in [1.807, 2.05) is 39.0 Å². The maximum atomic E-state index is 11.4. The monoisotopic (exact) mass is 448 g/mol. The number of ether oxygens (including phenoxy) is 3. The lowest BCUT2D eigenvalue weighted by Crippen LogP contribution is -2.04. The molecule has 9 heteroatoms. The molecule has 0 bridgehead atoms. The molecule has 4 aromatic rings. The highest BCUT2D eigenvalue weighted by Crippen LogP contribution is 2.36. The van der Waals surface area contributed by atoms with Crippen LogP contribution in [-0.4, -0.2) is 28.2 Å². The molecule has 0 aliphatic heterocycles. The van der Waals surface area contributed by atoms with E-state index in [1.54, 1.807) is 19.2 Å². The molecule has 0 unspecified atom stereocenters. The van der Waals surface area contributed by atoms with E-state index in [2.05, 4.69) is 20.4 Å². The van der Waals surface area contributed by atoms with Crippen molar-refractivity contribution in [3.63, 3.8) is 0 Å². The lowest BCUT2D eigenvalue weighted by Gasteiger charge is -2.14. The van der Waals surface area contributed by atoms with E-state index in [0.717, 1.165) is 27.9 Å². The van der Waals surface area contributed by atoms with Gasteiger partial charge in [-0.15, -0.1) is 0 Å². The molecule has 9 nitrogen and oxygen atoms in total. The van der Waals surface area contributed by atoms with Crippen molar-refractivity contribution in [3.8, 4) is 17.2 Å². The Morgan fingerprint density at radius 3 is 2.58 bits per heavy atom. The first-order valence-corrected chi connectivity index (χ1v) is 10.3. The fraction of sp³-hybridized carbons (Fsp3) is 0.250. The molecular weight excluding hydrogens is 424 g/mol. The molecule has 0 radical (unpaired) electrons. The summed E-state index contributed by atoms with van der Waals surface area (Å²) >= 11 is 0. The van der Waals surface area contributed by atoms with E-state index in [-0.39, 0.29) is 5.97 Å². The number of methoxy groups -OCH3 is 1. The molecule has 2 aromatic heterocycles. The molecule has 0 spiro atoms. The average molecular weight is 448 g/mol. The van der Waals surface area contributed by atoms with Gasteiger partial charge in [-0.05, 0) is 38.5 Å². The Bertz CT molecular complexity index is 1310. The Balaban J connectivity index is 1.65. The summed E-state index contributed by atoms with van der Waals surface area (Å²) in [5, 5.41) is 7.97. The zero-order valence-corrected chi connectivity index (χ0v) is 19.1.